The van der Waals surface area contributed by atoms with Gasteiger partial charge in [0.05, 0.1) is 19.1 Å². The van der Waals surface area contributed by atoms with E-state index in [-0.39, 0.29) is 11.9 Å². The summed E-state index contributed by atoms with van der Waals surface area (Å²) < 4.78 is 9.91. The number of aromatic nitrogens is 1. The highest BCUT2D eigenvalue weighted by Crippen LogP contribution is 2.25. The van der Waals surface area contributed by atoms with E-state index < -0.39 is 0 Å². The van der Waals surface area contributed by atoms with E-state index in [0.717, 1.165) is 43.9 Å². The third-order valence-electron chi connectivity index (χ3n) is 3.92. The number of aliphatic imine (C=N–C) groups is 1. The molecule has 1 aliphatic rings. The second-order valence-corrected chi connectivity index (χ2v) is 5.63. The zero-order valence-electron chi connectivity index (χ0n) is 13.9. The van der Waals surface area contributed by atoms with Crippen molar-refractivity contribution in [3.05, 3.63) is 18.0 Å². The van der Waals surface area contributed by atoms with E-state index in [9.17, 15) is 4.79 Å². The molecule has 128 valence electrons. The number of nitrogens with one attached hydrogen (secondary N) is 2. The molecule has 0 aromatic carbocycles. The van der Waals surface area contributed by atoms with Crippen molar-refractivity contribution in [1.82, 2.24) is 15.8 Å². The van der Waals surface area contributed by atoms with Gasteiger partial charge in [-0.25, -0.2) is 4.99 Å². The lowest BCUT2D eigenvalue weighted by Gasteiger charge is -2.29. The van der Waals surface area contributed by atoms with Crippen LogP contribution in [-0.2, 0) is 16.1 Å². The second kappa shape index (κ2) is 9.17. The number of hydrogen-bond acceptors (Lipinski definition) is 5. The van der Waals surface area contributed by atoms with Crippen LogP contribution in [-0.4, -0.2) is 36.3 Å². The quantitative estimate of drug-likeness (QED) is 0.472. The number of rotatable bonds is 6. The summed E-state index contributed by atoms with van der Waals surface area (Å²) in [4.78, 5) is 16.3. The van der Waals surface area contributed by atoms with Gasteiger partial charge in [-0.05, 0) is 39.5 Å². The van der Waals surface area contributed by atoms with E-state index in [1.165, 1.54) is 0 Å². The monoisotopic (exact) mass is 322 g/mol. The van der Waals surface area contributed by atoms with Gasteiger partial charge in [-0.15, -0.1) is 0 Å². The van der Waals surface area contributed by atoms with Crippen molar-refractivity contribution in [2.45, 2.75) is 52.1 Å². The van der Waals surface area contributed by atoms with Gasteiger partial charge in [0.25, 0.3) is 0 Å². The summed E-state index contributed by atoms with van der Waals surface area (Å²) in [6.07, 6.45) is 5.15. The maximum absolute atomic E-state index is 11.8. The van der Waals surface area contributed by atoms with Gasteiger partial charge in [-0.3, -0.25) is 4.79 Å². The molecular formula is C16H26N4O3. The van der Waals surface area contributed by atoms with Crippen molar-refractivity contribution in [3.8, 4) is 0 Å². The molecular weight excluding hydrogens is 296 g/mol. The maximum Gasteiger partial charge on any atom is 0.308 e. The van der Waals surface area contributed by atoms with E-state index in [1.54, 1.807) is 12.3 Å². The first-order valence-corrected chi connectivity index (χ1v) is 8.33. The van der Waals surface area contributed by atoms with Crippen molar-refractivity contribution >= 4 is 11.9 Å². The molecule has 23 heavy (non-hydrogen) atoms. The average Bonchev–Trinajstić information content (AvgIpc) is 3.07. The zero-order valence-corrected chi connectivity index (χ0v) is 13.9. The largest absolute Gasteiger partial charge is 0.466 e. The lowest BCUT2D eigenvalue weighted by atomic mass is 9.86. The fourth-order valence-corrected chi connectivity index (χ4v) is 2.73. The molecule has 1 saturated carbocycles. The highest BCUT2D eigenvalue weighted by Gasteiger charge is 2.27. The normalized spacial score (nSPS) is 21.7. The molecule has 0 amide bonds. The Labute approximate surface area is 136 Å². The third-order valence-corrected chi connectivity index (χ3v) is 3.92. The Hall–Kier alpha value is -2.05. The molecule has 2 rings (SSSR count). The smallest absolute Gasteiger partial charge is 0.308 e. The molecule has 1 fully saturated rings. The Morgan fingerprint density at radius 3 is 2.78 bits per heavy atom. The first-order chi connectivity index (χ1) is 11.2. The highest BCUT2D eigenvalue weighted by molar-refractivity contribution is 5.80. The molecule has 0 aliphatic heterocycles. The predicted octanol–water partition coefficient (Wildman–Crippen LogP) is 1.85. The molecule has 0 radical (unpaired) electrons. The van der Waals surface area contributed by atoms with Crippen molar-refractivity contribution in [3.63, 3.8) is 0 Å². The molecule has 7 nitrogen and oxygen atoms in total. The summed E-state index contributed by atoms with van der Waals surface area (Å²) in [7, 11) is 0. The minimum Gasteiger partial charge on any atom is -0.466 e. The summed E-state index contributed by atoms with van der Waals surface area (Å²) in [5.41, 5.74) is 0.799. The number of carbonyl (C=O) groups excluding carboxylic acids is 1. The standard InChI is InChI=1S/C16H26N4O3/c1-3-17-16(18-11-14-9-10-23-20-14)19-13-7-5-12(6-8-13)15(21)22-4-2/h9-10,12-13H,3-8,11H2,1-2H3,(H2,17,18,19). The van der Waals surface area contributed by atoms with Crippen molar-refractivity contribution in [1.29, 1.82) is 0 Å². The molecule has 1 aromatic heterocycles. The van der Waals surface area contributed by atoms with Crippen LogP contribution >= 0.6 is 0 Å². The Balaban J connectivity index is 1.82. The van der Waals surface area contributed by atoms with Crippen LogP contribution in [0.5, 0.6) is 0 Å². The molecule has 2 N–H and O–H groups in total. The zero-order chi connectivity index (χ0) is 16.5. The number of esters is 1. The Morgan fingerprint density at radius 1 is 1.39 bits per heavy atom. The van der Waals surface area contributed by atoms with Crippen LogP contribution in [0.3, 0.4) is 0 Å². The molecule has 0 unspecified atom stereocenters. The van der Waals surface area contributed by atoms with Crippen LogP contribution < -0.4 is 10.6 Å². The van der Waals surface area contributed by atoms with Crippen molar-refractivity contribution < 1.29 is 14.1 Å². The maximum atomic E-state index is 11.8. The van der Waals surface area contributed by atoms with Gasteiger partial charge in [-0.1, -0.05) is 5.16 Å². The second-order valence-electron chi connectivity index (χ2n) is 5.63. The van der Waals surface area contributed by atoms with Crippen molar-refractivity contribution in [2.24, 2.45) is 10.9 Å². The summed E-state index contributed by atoms with van der Waals surface area (Å²) in [5, 5.41) is 10.5. The van der Waals surface area contributed by atoms with Crippen LogP contribution in [0.1, 0.15) is 45.2 Å². The van der Waals surface area contributed by atoms with Gasteiger partial charge in [0.2, 0.25) is 0 Å². The minimum atomic E-state index is -0.0578. The lowest BCUT2D eigenvalue weighted by Crippen LogP contribution is -2.45. The molecule has 0 atom stereocenters. The van der Waals surface area contributed by atoms with Gasteiger partial charge < -0.3 is 19.9 Å². The van der Waals surface area contributed by atoms with Gasteiger partial charge in [0.1, 0.15) is 12.0 Å². The molecule has 0 saturated heterocycles. The molecule has 0 bridgehead atoms. The molecule has 1 aliphatic carbocycles. The molecule has 1 aromatic rings. The number of ether oxygens (including phenoxy) is 1. The predicted molar refractivity (Wildman–Crippen MR) is 86.8 cm³/mol. The van der Waals surface area contributed by atoms with E-state index in [2.05, 4.69) is 20.8 Å². The third kappa shape index (κ3) is 5.58. The van der Waals surface area contributed by atoms with Crippen LogP contribution in [0.4, 0.5) is 0 Å². The van der Waals surface area contributed by atoms with E-state index in [4.69, 9.17) is 9.26 Å². The number of nitrogens with zero attached hydrogens (tertiary/aromatic N) is 2. The van der Waals surface area contributed by atoms with Crippen LogP contribution in [0.25, 0.3) is 0 Å². The Bertz CT molecular complexity index is 493. The Kier molecular flexibility index (Phi) is 6.90. The average molecular weight is 322 g/mol. The lowest BCUT2D eigenvalue weighted by molar-refractivity contribution is -0.149. The van der Waals surface area contributed by atoms with E-state index >= 15 is 0 Å². The summed E-state index contributed by atoms with van der Waals surface area (Å²) in [6, 6.07) is 2.13. The van der Waals surface area contributed by atoms with Gasteiger partial charge in [0, 0.05) is 18.7 Å². The number of carbonyl (C=O) groups is 1. The summed E-state index contributed by atoms with van der Waals surface area (Å²) >= 11 is 0. The molecule has 0 spiro atoms. The Morgan fingerprint density at radius 2 is 2.17 bits per heavy atom. The van der Waals surface area contributed by atoms with Crippen LogP contribution in [0.15, 0.2) is 21.8 Å². The van der Waals surface area contributed by atoms with E-state index in [1.807, 2.05) is 13.8 Å². The van der Waals surface area contributed by atoms with Gasteiger partial charge >= 0.3 is 5.97 Å². The van der Waals surface area contributed by atoms with Crippen LogP contribution in [0, 0.1) is 5.92 Å². The summed E-state index contributed by atoms with van der Waals surface area (Å²) in [6.45, 7) is 5.60. The van der Waals surface area contributed by atoms with Crippen LogP contribution in [0.2, 0.25) is 0 Å². The first kappa shape index (κ1) is 17.3. The topological polar surface area (TPSA) is 88.8 Å². The number of hydrogen-bond donors (Lipinski definition) is 2. The fraction of sp³-hybridized carbons (Fsp3) is 0.688. The number of guanidine groups is 1. The van der Waals surface area contributed by atoms with E-state index in [0.29, 0.717) is 19.2 Å². The summed E-state index contributed by atoms with van der Waals surface area (Å²) in [5.74, 6) is 0.760. The molecule has 7 heteroatoms. The van der Waals surface area contributed by atoms with Crippen molar-refractivity contribution in [2.75, 3.05) is 13.2 Å². The van der Waals surface area contributed by atoms with Gasteiger partial charge in [0.15, 0.2) is 5.96 Å². The highest BCUT2D eigenvalue weighted by atomic mass is 16.5. The minimum absolute atomic E-state index is 0.0441. The molecule has 1 heterocycles. The first-order valence-electron chi connectivity index (χ1n) is 8.33. The van der Waals surface area contributed by atoms with Gasteiger partial charge in [-0.2, -0.15) is 0 Å². The SMILES string of the molecule is CCNC(=NCc1ccon1)NC1CCC(C(=O)OCC)CC1. The fourth-order valence-electron chi connectivity index (χ4n) is 2.73.